The average Bonchev–Trinajstić information content (AvgIpc) is 2.64. The topological polar surface area (TPSA) is 66.5 Å². The fraction of sp³-hybridized carbons (Fsp3) is 0.350. The molecule has 0 aliphatic carbocycles. The van der Waals surface area contributed by atoms with Crippen LogP contribution < -0.4 is 5.32 Å². The summed E-state index contributed by atoms with van der Waals surface area (Å²) in [5.41, 5.74) is 1.72. The number of aryl methyl sites for hydroxylation is 1. The SMILES string of the molecule is Cc1ccc(NC(=O)c2ccc(Br)c(S(=O)(=O)N3CCC(C)CC3)c2)c(Cl)c1. The number of halogens is 2. The quantitative estimate of drug-likeness (QED) is 0.656. The molecule has 1 aliphatic heterocycles. The predicted octanol–water partition coefficient (Wildman–Crippen LogP) is 5.08. The van der Waals surface area contributed by atoms with Crippen molar-refractivity contribution in [3.8, 4) is 0 Å². The van der Waals surface area contributed by atoms with Crippen LogP contribution in [-0.2, 0) is 10.0 Å². The summed E-state index contributed by atoms with van der Waals surface area (Å²) in [5.74, 6) is 0.105. The molecule has 0 atom stereocenters. The van der Waals surface area contributed by atoms with Gasteiger partial charge in [0.05, 0.1) is 15.6 Å². The Hall–Kier alpha value is -1.41. The summed E-state index contributed by atoms with van der Waals surface area (Å²) in [6.45, 7) is 5.02. The van der Waals surface area contributed by atoms with Crippen LogP contribution in [0.3, 0.4) is 0 Å². The first-order chi connectivity index (χ1) is 13.2. The van der Waals surface area contributed by atoms with Crippen molar-refractivity contribution in [2.45, 2.75) is 31.6 Å². The van der Waals surface area contributed by atoms with Gasteiger partial charge in [0.25, 0.3) is 5.91 Å². The molecule has 2 aromatic carbocycles. The number of anilines is 1. The van der Waals surface area contributed by atoms with Gasteiger partial charge in [0, 0.05) is 23.1 Å². The highest BCUT2D eigenvalue weighted by Crippen LogP contribution is 2.30. The molecule has 0 aromatic heterocycles. The zero-order chi connectivity index (χ0) is 20.5. The van der Waals surface area contributed by atoms with Gasteiger partial charge >= 0.3 is 0 Å². The Kier molecular flexibility index (Phi) is 6.49. The van der Waals surface area contributed by atoms with E-state index in [4.69, 9.17) is 11.6 Å². The van der Waals surface area contributed by atoms with E-state index in [1.54, 1.807) is 24.3 Å². The smallest absolute Gasteiger partial charge is 0.255 e. The summed E-state index contributed by atoms with van der Waals surface area (Å²) in [4.78, 5) is 12.8. The van der Waals surface area contributed by atoms with E-state index in [1.807, 2.05) is 13.0 Å². The Morgan fingerprint density at radius 2 is 1.86 bits per heavy atom. The first-order valence-electron chi connectivity index (χ1n) is 9.05. The zero-order valence-corrected chi connectivity index (χ0v) is 18.9. The molecule has 0 bridgehead atoms. The molecule has 5 nitrogen and oxygen atoms in total. The van der Waals surface area contributed by atoms with Crippen molar-refractivity contribution in [1.82, 2.24) is 4.31 Å². The first kappa shape index (κ1) is 21.3. The molecule has 0 radical (unpaired) electrons. The first-order valence-corrected chi connectivity index (χ1v) is 11.7. The number of sulfonamides is 1. The third kappa shape index (κ3) is 4.59. The molecule has 0 unspecified atom stereocenters. The van der Waals surface area contributed by atoms with Crippen LogP contribution in [0.25, 0.3) is 0 Å². The van der Waals surface area contributed by atoms with E-state index < -0.39 is 15.9 Å². The maximum absolute atomic E-state index is 13.1. The molecule has 1 heterocycles. The Morgan fingerprint density at radius 1 is 1.18 bits per heavy atom. The van der Waals surface area contributed by atoms with Crippen LogP contribution in [0.15, 0.2) is 45.8 Å². The van der Waals surface area contributed by atoms with Crippen LogP contribution in [0, 0.1) is 12.8 Å². The zero-order valence-electron chi connectivity index (χ0n) is 15.7. The van der Waals surface area contributed by atoms with E-state index in [0.29, 0.717) is 34.2 Å². The van der Waals surface area contributed by atoms with E-state index >= 15 is 0 Å². The van der Waals surface area contributed by atoms with Crippen molar-refractivity contribution in [2.24, 2.45) is 5.92 Å². The number of rotatable bonds is 4. The third-order valence-corrected chi connectivity index (χ3v) is 8.13. The Labute approximate surface area is 179 Å². The number of carbonyl (C=O) groups is 1. The summed E-state index contributed by atoms with van der Waals surface area (Å²) in [6.07, 6.45) is 1.67. The largest absolute Gasteiger partial charge is 0.321 e. The van der Waals surface area contributed by atoms with Gasteiger partial charge in [-0.15, -0.1) is 0 Å². The van der Waals surface area contributed by atoms with Crippen LogP contribution in [-0.4, -0.2) is 31.7 Å². The highest BCUT2D eigenvalue weighted by atomic mass is 79.9. The van der Waals surface area contributed by atoms with Crippen molar-refractivity contribution < 1.29 is 13.2 Å². The van der Waals surface area contributed by atoms with Gasteiger partial charge in [-0.25, -0.2) is 8.42 Å². The number of piperidine rings is 1. The summed E-state index contributed by atoms with van der Waals surface area (Å²) in [6, 6.07) is 9.90. The van der Waals surface area contributed by atoms with Crippen LogP contribution >= 0.6 is 27.5 Å². The van der Waals surface area contributed by atoms with Gasteiger partial charge < -0.3 is 5.32 Å². The molecule has 0 spiro atoms. The van der Waals surface area contributed by atoms with Gasteiger partial charge in [0.1, 0.15) is 0 Å². The molecule has 0 saturated carbocycles. The number of nitrogens with one attached hydrogen (secondary N) is 1. The summed E-state index contributed by atoms with van der Waals surface area (Å²) >= 11 is 9.50. The number of benzene rings is 2. The maximum Gasteiger partial charge on any atom is 0.255 e. The Morgan fingerprint density at radius 3 is 2.50 bits per heavy atom. The average molecular weight is 486 g/mol. The number of nitrogens with zero attached hydrogens (tertiary/aromatic N) is 1. The van der Waals surface area contributed by atoms with Crippen molar-refractivity contribution >= 4 is 49.1 Å². The normalized spacial score (nSPS) is 16.1. The molecular formula is C20H22BrClN2O3S. The van der Waals surface area contributed by atoms with Crippen LogP contribution in [0.4, 0.5) is 5.69 Å². The molecule has 1 aliphatic rings. The molecule has 2 aromatic rings. The monoisotopic (exact) mass is 484 g/mol. The second-order valence-corrected chi connectivity index (χ2v) is 10.3. The van der Waals surface area contributed by atoms with Crippen LogP contribution in [0.2, 0.25) is 5.02 Å². The fourth-order valence-electron chi connectivity index (χ4n) is 3.12. The number of amides is 1. The van der Waals surface area contributed by atoms with Gasteiger partial charge in [0.2, 0.25) is 10.0 Å². The number of hydrogen-bond acceptors (Lipinski definition) is 3. The molecule has 1 N–H and O–H groups in total. The fourth-order valence-corrected chi connectivity index (χ4v) is 5.83. The second-order valence-electron chi connectivity index (χ2n) is 7.17. The molecule has 3 rings (SSSR count). The van der Waals surface area contributed by atoms with Crippen molar-refractivity contribution in [3.63, 3.8) is 0 Å². The minimum atomic E-state index is -3.68. The van der Waals surface area contributed by atoms with Gasteiger partial charge in [-0.1, -0.05) is 24.6 Å². The van der Waals surface area contributed by atoms with Crippen LogP contribution in [0.5, 0.6) is 0 Å². The molecule has 28 heavy (non-hydrogen) atoms. The number of carbonyl (C=O) groups excluding carboxylic acids is 1. The van der Waals surface area contributed by atoms with Gasteiger partial charge in [-0.05, 0) is 77.5 Å². The van der Waals surface area contributed by atoms with E-state index in [0.717, 1.165) is 18.4 Å². The van der Waals surface area contributed by atoms with Crippen molar-refractivity contribution in [1.29, 1.82) is 0 Å². The maximum atomic E-state index is 13.1. The lowest BCUT2D eigenvalue weighted by atomic mass is 10.0. The van der Waals surface area contributed by atoms with Gasteiger partial charge in [-0.2, -0.15) is 4.31 Å². The lowest BCUT2D eigenvalue weighted by Crippen LogP contribution is -2.38. The number of hydrogen-bond donors (Lipinski definition) is 1. The molecule has 1 saturated heterocycles. The third-order valence-electron chi connectivity index (χ3n) is 4.93. The highest BCUT2D eigenvalue weighted by Gasteiger charge is 2.30. The van der Waals surface area contributed by atoms with E-state index in [2.05, 4.69) is 28.2 Å². The van der Waals surface area contributed by atoms with Gasteiger partial charge in [0.15, 0.2) is 0 Å². The summed E-state index contributed by atoms with van der Waals surface area (Å²) in [7, 11) is -3.68. The minimum Gasteiger partial charge on any atom is -0.321 e. The standard InChI is InChI=1S/C20H22BrClN2O3S/c1-13-7-9-24(10-8-13)28(26,27)19-12-15(4-5-16(19)21)20(25)23-18-6-3-14(2)11-17(18)22/h3-6,11-13H,7-10H2,1-2H3,(H,23,25). The van der Waals surface area contributed by atoms with E-state index in [-0.39, 0.29) is 10.5 Å². The Balaban J connectivity index is 1.87. The molecule has 1 amide bonds. The highest BCUT2D eigenvalue weighted by molar-refractivity contribution is 9.10. The molecular weight excluding hydrogens is 464 g/mol. The van der Waals surface area contributed by atoms with Crippen molar-refractivity contribution in [2.75, 3.05) is 18.4 Å². The lowest BCUT2D eigenvalue weighted by Gasteiger charge is -2.29. The van der Waals surface area contributed by atoms with Gasteiger partial charge in [-0.3, -0.25) is 4.79 Å². The van der Waals surface area contributed by atoms with E-state index in [9.17, 15) is 13.2 Å². The lowest BCUT2D eigenvalue weighted by molar-refractivity contribution is 0.102. The minimum absolute atomic E-state index is 0.102. The van der Waals surface area contributed by atoms with E-state index in [1.165, 1.54) is 10.4 Å². The van der Waals surface area contributed by atoms with Crippen molar-refractivity contribution in [3.05, 3.63) is 57.0 Å². The Bertz CT molecular complexity index is 1000. The molecule has 8 heteroatoms. The summed E-state index contributed by atoms with van der Waals surface area (Å²) in [5, 5.41) is 3.17. The van der Waals surface area contributed by atoms with Crippen LogP contribution in [0.1, 0.15) is 35.7 Å². The predicted molar refractivity (Wildman–Crippen MR) is 115 cm³/mol. The second kappa shape index (κ2) is 8.53. The molecule has 150 valence electrons. The molecule has 1 fully saturated rings. The summed E-state index contributed by atoms with van der Waals surface area (Å²) < 4.78 is 28.1.